The number of aryl methyl sites for hydroxylation is 1. The first kappa shape index (κ1) is 7.65. The Balaban J connectivity index is 2.72. The molecule has 0 aliphatic heterocycles. The van der Waals surface area contributed by atoms with Crippen LogP contribution in [0.2, 0.25) is 0 Å². The van der Waals surface area contributed by atoms with Gasteiger partial charge >= 0.3 is 0 Å². The zero-order valence-corrected chi connectivity index (χ0v) is 6.27. The lowest BCUT2D eigenvalue weighted by atomic mass is 10.4. The average Bonchev–Trinajstić information content (AvgIpc) is 2.48. The SMILES string of the molecule is CCn1cc(/C=C/C=O)nn1. The van der Waals surface area contributed by atoms with E-state index in [1.165, 1.54) is 6.08 Å². The second kappa shape index (κ2) is 3.65. The molecule has 0 radical (unpaired) electrons. The van der Waals surface area contributed by atoms with Crippen LogP contribution < -0.4 is 0 Å². The fraction of sp³-hybridized carbons (Fsp3) is 0.286. The van der Waals surface area contributed by atoms with E-state index in [0.29, 0.717) is 12.0 Å². The van der Waals surface area contributed by atoms with Crippen molar-refractivity contribution in [1.82, 2.24) is 15.0 Å². The Kier molecular flexibility index (Phi) is 2.54. The Morgan fingerprint density at radius 2 is 2.55 bits per heavy atom. The normalized spacial score (nSPS) is 10.6. The van der Waals surface area contributed by atoms with Crippen molar-refractivity contribution in [3.8, 4) is 0 Å². The second-order valence-corrected chi connectivity index (χ2v) is 1.99. The molecule has 4 heteroatoms. The molecule has 0 saturated carbocycles. The van der Waals surface area contributed by atoms with Crippen LogP contribution in [0.1, 0.15) is 12.6 Å². The van der Waals surface area contributed by atoms with Gasteiger partial charge in [-0.3, -0.25) is 9.48 Å². The molecular weight excluding hydrogens is 142 g/mol. The van der Waals surface area contributed by atoms with Gasteiger partial charge in [0.05, 0.1) is 6.20 Å². The Labute approximate surface area is 64.5 Å². The van der Waals surface area contributed by atoms with E-state index in [1.54, 1.807) is 17.0 Å². The third-order valence-electron chi connectivity index (χ3n) is 1.23. The van der Waals surface area contributed by atoms with Crippen molar-refractivity contribution in [3.05, 3.63) is 18.0 Å². The smallest absolute Gasteiger partial charge is 0.142 e. The first-order chi connectivity index (χ1) is 5.36. The van der Waals surface area contributed by atoms with Crippen LogP contribution in [0.25, 0.3) is 6.08 Å². The number of hydrogen-bond acceptors (Lipinski definition) is 3. The molecule has 0 fully saturated rings. The molecule has 0 spiro atoms. The summed E-state index contributed by atoms with van der Waals surface area (Å²) >= 11 is 0. The minimum atomic E-state index is 0.707. The van der Waals surface area contributed by atoms with Crippen molar-refractivity contribution < 1.29 is 4.79 Å². The van der Waals surface area contributed by atoms with E-state index >= 15 is 0 Å². The molecule has 0 unspecified atom stereocenters. The molecule has 4 nitrogen and oxygen atoms in total. The molecule has 0 atom stereocenters. The molecular formula is C7H9N3O. The van der Waals surface area contributed by atoms with Gasteiger partial charge in [0.25, 0.3) is 0 Å². The highest BCUT2D eigenvalue weighted by Gasteiger charge is 1.92. The number of nitrogens with zero attached hydrogens (tertiary/aromatic N) is 3. The third-order valence-corrected chi connectivity index (χ3v) is 1.23. The molecule has 11 heavy (non-hydrogen) atoms. The summed E-state index contributed by atoms with van der Waals surface area (Å²) < 4.78 is 1.70. The molecule has 0 saturated heterocycles. The molecule has 58 valence electrons. The Bertz CT molecular complexity index is 264. The van der Waals surface area contributed by atoms with Crippen LogP contribution in [-0.2, 0) is 11.3 Å². The number of aldehydes is 1. The molecule has 1 rings (SSSR count). The Hall–Kier alpha value is -1.45. The van der Waals surface area contributed by atoms with Gasteiger partial charge in [0, 0.05) is 6.54 Å². The fourth-order valence-corrected chi connectivity index (χ4v) is 0.682. The highest BCUT2D eigenvalue weighted by Crippen LogP contribution is 1.94. The maximum Gasteiger partial charge on any atom is 0.142 e. The molecule has 1 aromatic heterocycles. The van der Waals surface area contributed by atoms with Crippen molar-refractivity contribution in [2.45, 2.75) is 13.5 Å². The van der Waals surface area contributed by atoms with Gasteiger partial charge < -0.3 is 0 Å². The second-order valence-electron chi connectivity index (χ2n) is 1.99. The zero-order chi connectivity index (χ0) is 8.10. The van der Waals surface area contributed by atoms with Crippen molar-refractivity contribution in [2.75, 3.05) is 0 Å². The number of allylic oxidation sites excluding steroid dienone is 1. The molecule has 0 aromatic carbocycles. The number of carbonyl (C=O) groups is 1. The summed E-state index contributed by atoms with van der Waals surface area (Å²) in [6.45, 7) is 2.77. The maximum absolute atomic E-state index is 9.91. The molecule has 1 aromatic rings. The van der Waals surface area contributed by atoms with E-state index in [1.807, 2.05) is 6.92 Å². The quantitative estimate of drug-likeness (QED) is 0.467. The fourth-order valence-electron chi connectivity index (χ4n) is 0.682. The van der Waals surface area contributed by atoms with Crippen LogP contribution in [-0.4, -0.2) is 21.3 Å². The van der Waals surface area contributed by atoms with E-state index in [2.05, 4.69) is 10.3 Å². The molecule has 1 heterocycles. The lowest BCUT2D eigenvalue weighted by molar-refractivity contribution is -0.104. The zero-order valence-electron chi connectivity index (χ0n) is 6.27. The molecule has 0 aliphatic carbocycles. The molecule has 0 aliphatic rings. The van der Waals surface area contributed by atoms with Crippen LogP contribution in [0.3, 0.4) is 0 Å². The van der Waals surface area contributed by atoms with Crippen LogP contribution in [0, 0.1) is 0 Å². The monoisotopic (exact) mass is 151 g/mol. The number of carbonyl (C=O) groups excluding carboxylic acids is 1. The van der Waals surface area contributed by atoms with Crippen molar-refractivity contribution in [2.24, 2.45) is 0 Å². The summed E-state index contributed by atoms with van der Waals surface area (Å²) in [6, 6.07) is 0. The summed E-state index contributed by atoms with van der Waals surface area (Å²) in [5, 5.41) is 7.58. The summed E-state index contributed by atoms with van der Waals surface area (Å²) in [6.07, 6.45) is 5.50. The standard InChI is InChI=1S/C7H9N3O/c1-2-10-6-7(8-9-10)4-3-5-11/h3-6H,2H2,1H3/b4-3+. The van der Waals surface area contributed by atoms with Gasteiger partial charge in [0.2, 0.25) is 0 Å². The third kappa shape index (κ3) is 2.00. The molecule has 0 N–H and O–H groups in total. The maximum atomic E-state index is 9.91. The van der Waals surface area contributed by atoms with E-state index in [4.69, 9.17) is 0 Å². The molecule has 0 bridgehead atoms. The molecule has 0 amide bonds. The van der Waals surface area contributed by atoms with Gasteiger partial charge in [0.1, 0.15) is 12.0 Å². The summed E-state index contributed by atoms with van der Waals surface area (Å²) in [4.78, 5) is 9.91. The van der Waals surface area contributed by atoms with Crippen molar-refractivity contribution in [1.29, 1.82) is 0 Å². The largest absolute Gasteiger partial charge is 0.299 e. The average molecular weight is 151 g/mol. The predicted molar refractivity (Wildman–Crippen MR) is 40.8 cm³/mol. The highest BCUT2D eigenvalue weighted by molar-refractivity contribution is 5.72. The topological polar surface area (TPSA) is 47.8 Å². The summed E-state index contributed by atoms with van der Waals surface area (Å²) in [5.41, 5.74) is 0.707. The van der Waals surface area contributed by atoms with E-state index in [0.717, 1.165) is 6.54 Å². The number of hydrogen-bond donors (Lipinski definition) is 0. The van der Waals surface area contributed by atoms with Gasteiger partial charge in [-0.1, -0.05) is 5.21 Å². The van der Waals surface area contributed by atoms with Gasteiger partial charge in [-0.25, -0.2) is 0 Å². The first-order valence-corrected chi connectivity index (χ1v) is 3.38. The van der Waals surface area contributed by atoms with E-state index < -0.39 is 0 Å². The van der Waals surface area contributed by atoms with E-state index in [9.17, 15) is 4.79 Å². The first-order valence-electron chi connectivity index (χ1n) is 3.38. The van der Waals surface area contributed by atoms with Crippen molar-refractivity contribution >= 4 is 12.4 Å². The minimum Gasteiger partial charge on any atom is -0.299 e. The predicted octanol–water partition coefficient (Wildman–Crippen LogP) is 0.510. The number of aromatic nitrogens is 3. The lowest BCUT2D eigenvalue weighted by Gasteiger charge is -1.86. The van der Waals surface area contributed by atoms with Crippen LogP contribution in [0.15, 0.2) is 12.3 Å². The van der Waals surface area contributed by atoms with E-state index in [-0.39, 0.29) is 0 Å². The Morgan fingerprint density at radius 1 is 1.73 bits per heavy atom. The van der Waals surface area contributed by atoms with Gasteiger partial charge in [-0.05, 0) is 19.1 Å². The summed E-state index contributed by atoms with van der Waals surface area (Å²) in [7, 11) is 0. The van der Waals surface area contributed by atoms with Gasteiger partial charge in [-0.15, -0.1) is 5.10 Å². The van der Waals surface area contributed by atoms with Crippen molar-refractivity contribution in [3.63, 3.8) is 0 Å². The minimum absolute atomic E-state index is 0.707. The van der Waals surface area contributed by atoms with Gasteiger partial charge in [0.15, 0.2) is 0 Å². The van der Waals surface area contributed by atoms with Crippen LogP contribution in [0.5, 0.6) is 0 Å². The summed E-state index contributed by atoms with van der Waals surface area (Å²) in [5.74, 6) is 0. The highest BCUT2D eigenvalue weighted by atomic mass is 16.1. The van der Waals surface area contributed by atoms with Crippen LogP contribution >= 0.6 is 0 Å². The van der Waals surface area contributed by atoms with Gasteiger partial charge in [-0.2, -0.15) is 0 Å². The lowest BCUT2D eigenvalue weighted by Crippen LogP contribution is -1.93. The Morgan fingerprint density at radius 3 is 3.09 bits per heavy atom. The van der Waals surface area contributed by atoms with Crippen LogP contribution in [0.4, 0.5) is 0 Å². The number of rotatable bonds is 3.